The minimum Gasteiger partial charge on any atom is -0.493 e. The van der Waals surface area contributed by atoms with E-state index in [0.717, 1.165) is 6.07 Å². The number of methoxy groups -OCH3 is 1. The molecule has 20 heavy (non-hydrogen) atoms. The number of hydrogen-bond acceptors (Lipinski definition) is 4. The number of ether oxygens (including phenoxy) is 2. The van der Waals surface area contributed by atoms with E-state index in [1.54, 1.807) is 0 Å². The van der Waals surface area contributed by atoms with Crippen LogP contribution in [0, 0.1) is 5.82 Å². The van der Waals surface area contributed by atoms with Crippen LogP contribution >= 0.6 is 11.6 Å². The van der Waals surface area contributed by atoms with Crippen LogP contribution in [0.15, 0.2) is 30.5 Å². The average Bonchev–Trinajstić information content (AvgIpc) is 2.41. The van der Waals surface area contributed by atoms with Crippen LogP contribution in [-0.4, -0.2) is 23.2 Å². The molecule has 0 amide bonds. The summed E-state index contributed by atoms with van der Waals surface area (Å²) in [5.74, 6) is -2.40. The van der Waals surface area contributed by atoms with Gasteiger partial charge in [-0.15, -0.1) is 0 Å². The van der Waals surface area contributed by atoms with Crippen LogP contribution in [0.5, 0.6) is 17.4 Å². The molecule has 2 aromatic rings. The van der Waals surface area contributed by atoms with Gasteiger partial charge in [-0.1, -0.05) is 17.7 Å². The summed E-state index contributed by atoms with van der Waals surface area (Å²) in [6.07, 6.45) is 1.19. The fourth-order valence-corrected chi connectivity index (χ4v) is 1.67. The van der Waals surface area contributed by atoms with Gasteiger partial charge < -0.3 is 14.6 Å². The normalized spacial score (nSPS) is 10.2. The zero-order valence-electron chi connectivity index (χ0n) is 10.3. The molecule has 0 fully saturated rings. The number of nitrogens with zero attached hydrogens (tertiary/aromatic N) is 1. The highest BCUT2D eigenvalue weighted by Gasteiger charge is 2.19. The number of aromatic carboxylic acids is 1. The average molecular weight is 298 g/mol. The molecule has 0 unspecified atom stereocenters. The Labute approximate surface area is 118 Å². The van der Waals surface area contributed by atoms with Crippen LogP contribution in [0.3, 0.4) is 0 Å². The smallest absolute Gasteiger partial charge is 0.339 e. The Hall–Kier alpha value is -2.34. The number of carboxylic acids is 1. The Bertz CT molecular complexity index is 663. The molecule has 1 N–H and O–H groups in total. The number of hydrogen-bond donors (Lipinski definition) is 1. The highest BCUT2D eigenvalue weighted by Crippen LogP contribution is 2.35. The van der Waals surface area contributed by atoms with Crippen LogP contribution in [0.25, 0.3) is 0 Å². The molecule has 7 heteroatoms. The molecular formula is C13H9ClFNO4. The van der Waals surface area contributed by atoms with E-state index in [2.05, 4.69) is 4.98 Å². The van der Waals surface area contributed by atoms with Gasteiger partial charge in [-0.05, 0) is 18.2 Å². The second kappa shape index (κ2) is 5.75. The summed E-state index contributed by atoms with van der Waals surface area (Å²) in [6, 6.07) is 5.31. The molecule has 0 aliphatic carbocycles. The highest BCUT2D eigenvalue weighted by atomic mass is 35.5. The number of carboxylic acid groups (broad SMARTS) is 1. The second-order valence-corrected chi connectivity index (χ2v) is 4.12. The molecule has 104 valence electrons. The van der Waals surface area contributed by atoms with E-state index in [1.807, 2.05) is 0 Å². The third-order valence-corrected chi connectivity index (χ3v) is 2.61. The van der Waals surface area contributed by atoms with Crippen molar-refractivity contribution < 1.29 is 23.8 Å². The van der Waals surface area contributed by atoms with E-state index in [1.165, 1.54) is 31.5 Å². The minimum absolute atomic E-state index is 0.105. The Balaban J connectivity index is 2.49. The van der Waals surface area contributed by atoms with Crippen LogP contribution in [0.4, 0.5) is 4.39 Å². The third kappa shape index (κ3) is 2.80. The van der Waals surface area contributed by atoms with E-state index < -0.39 is 11.8 Å². The maximum Gasteiger partial charge on any atom is 0.339 e. The van der Waals surface area contributed by atoms with Gasteiger partial charge in [0.05, 0.1) is 12.1 Å². The predicted molar refractivity (Wildman–Crippen MR) is 69.2 cm³/mol. The molecule has 1 aromatic carbocycles. The molecule has 0 radical (unpaired) electrons. The van der Waals surface area contributed by atoms with Crippen LogP contribution < -0.4 is 9.47 Å². The summed E-state index contributed by atoms with van der Waals surface area (Å²) in [7, 11) is 1.35. The van der Waals surface area contributed by atoms with E-state index >= 15 is 0 Å². The summed E-state index contributed by atoms with van der Waals surface area (Å²) in [4.78, 5) is 14.8. The third-order valence-electron chi connectivity index (χ3n) is 2.40. The molecule has 1 heterocycles. The molecular weight excluding hydrogens is 289 g/mol. The van der Waals surface area contributed by atoms with Crippen molar-refractivity contribution in [1.29, 1.82) is 0 Å². The van der Waals surface area contributed by atoms with Gasteiger partial charge in [0, 0.05) is 6.20 Å². The van der Waals surface area contributed by atoms with Gasteiger partial charge in [0.25, 0.3) is 5.88 Å². The Kier molecular flexibility index (Phi) is 4.05. The van der Waals surface area contributed by atoms with E-state index in [-0.39, 0.29) is 28.0 Å². The quantitative estimate of drug-likeness (QED) is 0.937. The summed E-state index contributed by atoms with van der Waals surface area (Å²) in [6.45, 7) is 0. The lowest BCUT2D eigenvalue weighted by Crippen LogP contribution is -2.03. The van der Waals surface area contributed by atoms with Gasteiger partial charge in [-0.3, -0.25) is 0 Å². The van der Waals surface area contributed by atoms with Crippen molar-refractivity contribution in [2.24, 2.45) is 0 Å². The van der Waals surface area contributed by atoms with Crippen molar-refractivity contribution in [2.45, 2.75) is 0 Å². The van der Waals surface area contributed by atoms with Gasteiger partial charge in [0.1, 0.15) is 5.56 Å². The van der Waals surface area contributed by atoms with Gasteiger partial charge in [-0.25, -0.2) is 14.2 Å². The molecule has 0 bridgehead atoms. The number of halogens is 2. The summed E-state index contributed by atoms with van der Waals surface area (Å²) in [5.41, 5.74) is -0.166. The number of aromatic nitrogens is 1. The standard InChI is InChI=1S/C13H9ClFNO4/c1-19-10-4-2-3-8(13(17)18)11(10)20-12-9(15)5-7(14)6-16-12/h2-6H,1H3,(H,17,18). The number of pyridine rings is 1. The molecule has 0 saturated carbocycles. The van der Waals surface area contributed by atoms with Crippen molar-refractivity contribution in [1.82, 2.24) is 4.98 Å². The number of para-hydroxylation sites is 1. The summed E-state index contributed by atoms with van der Waals surface area (Å²) in [5, 5.41) is 9.21. The number of benzene rings is 1. The molecule has 0 aliphatic rings. The van der Waals surface area contributed by atoms with Crippen molar-refractivity contribution in [3.8, 4) is 17.4 Å². The number of carbonyl (C=O) groups is 1. The van der Waals surface area contributed by atoms with Gasteiger partial charge in [0.2, 0.25) is 0 Å². The fourth-order valence-electron chi connectivity index (χ4n) is 1.52. The molecule has 5 nitrogen and oxygen atoms in total. The SMILES string of the molecule is COc1cccc(C(=O)O)c1Oc1ncc(Cl)cc1F. The van der Waals surface area contributed by atoms with Crippen LogP contribution in [-0.2, 0) is 0 Å². The second-order valence-electron chi connectivity index (χ2n) is 3.68. The minimum atomic E-state index is -1.23. The largest absolute Gasteiger partial charge is 0.493 e. The molecule has 1 aromatic heterocycles. The Morgan fingerprint density at radius 2 is 2.20 bits per heavy atom. The molecule has 0 saturated heterocycles. The molecule has 0 aliphatic heterocycles. The maximum absolute atomic E-state index is 13.6. The van der Waals surface area contributed by atoms with Gasteiger partial charge in [0.15, 0.2) is 17.3 Å². The first-order chi connectivity index (χ1) is 9.52. The highest BCUT2D eigenvalue weighted by molar-refractivity contribution is 6.30. The zero-order chi connectivity index (χ0) is 14.7. The van der Waals surface area contributed by atoms with Gasteiger partial charge in [-0.2, -0.15) is 0 Å². The van der Waals surface area contributed by atoms with Crippen molar-refractivity contribution >= 4 is 17.6 Å². The van der Waals surface area contributed by atoms with Crippen molar-refractivity contribution in [3.05, 3.63) is 46.9 Å². The summed E-state index contributed by atoms with van der Waals surface area (Å²) >= 11 is 5.58. The van der Waals surface area contributed by atoms with E-state index in [0.29, 0.717) is 0 Å². The predicted octanol–water partition coefficient (Wildman–Crippen LogP) is 3.37. The molecule has 2 rings (SSSR count). The summed E-state index contributed by atoms with van der Waals surface area (Å²) < 4.78 is 23.9. The Morgan fingerprint density at radius 1 is 1.45 bits per heavy atom. The fraction of sp³-hybridized carbons (Fsp3) is 0.0769. The first-order valence-corrected chi connectivity index (χ1v) is 5.80. The molecule has 0 spiro atoms. The van der Waals surface area contributed by atoms with Crippen molar-refractivity contribution in [2.75, 3.05) is 7.11 Å². The van der Waals surface area contributed by atoms with E-state index in [9.17, 15) is 9.18 Å². The lowest BCUT2D eigenvalue weighted by molar-refractivity contribution is 0.0693. The lowest BCUT2D eigenvalue weighted by Gasteiger charge is -2.12. The number of rotatable bonds is 4. The first-order valence-electron chi connectivity index (χ1n) is 5.42. The van der Waals surface area contributed by atoms with Gasteiger partial charge >= 0.3 is 5.97 Å². The maximum atomic E-state index is 13.6. The van der Waals surface area contributed by atoms with E-state index in [4.69, 9.17) is 26.2 Å². The van der Waals surface area contributed by atoms with Crippen LogP contribution in [0.2, 0.25) is 5.02 Å². The Morgan fingerprint density at radius 3 is 2.80 bits per heavy atom. The molecule has 0 atom stereocenters. The topological polar surface area (TPSA) is 68.7 Å². The van der Waals surface area contributed by atoms with Crippen LogP contribution in [0.1, 0.15) is 10.4 Å². The monoisotopic (exact) mass is 297 g/mol. The van der Waals surface area contributed by atoms with Crippen molar-refractivity contribution in [3.63, 3.8) is 0 Å². The lowest BCUT2D eigenvalue weighted by atomic mass is 10.2. The first kappa shape index (κ1) is 14.1. The zero-order valence-corrected chi connectivity index (χ0v) is 11.0.